The van der Waals surface area contributed by atoms with Crippen molar-refractivity contribution in [1.29, 1.82) is 0 Å². The molecular formula is C27H30N4O8. The molecule has 4 N–H and O–H groups in total. The van der Waals surface area contributed by atoms with Gasteiger partial charge < -0.3 is 30.1 Å². The van der Waals surface area contributed by atoms with Crippen molar-refractivity contribution < 1.29 is 38.7 Å². The van der Waals surface area contributed by atoms with Crippen LogP contribution in [0.15, 0.2) is 27.6 Å². The van der Waals surface area contributed by atoms with Gasteiger partial charge in [0.25, 0.3) is 0 Å². The second-order valence-corrected chi connectivity index (χ2v) is 10.0. The van der Waals surface area contributed by atoms with Gasteiger partial charge in [-0.2, -0.15) is 4.98 Å². The number of hydrogen-bond donors (Lipinski definition) is 4. The molecule has 2 aliphatic rings. The lowest BCUT2D eigenvalue weighted by Crippen LogP contribution is -2.41. The van der Waals surface area contributed by atoms with Gasteiger partial charge >= 0.3 is 0 Å². The summed E-state index contributed by atoms with van der Waals surface area (Å²) >= 11 is 0. The van der Waals surface area contributed by atoms with Crippen LogP contribution in [0.2, 0.25) is 0 Å². The number of ether oxygens (including phenoxy) is 1. The maximum absolute atomic E-state index is 13.8. The Morgan fingerprint density at radius 1 is 1.13 bits per heavy atom. The molecule has 1 aromatic heterocycles. The van der Waals surface area contributed by atoms with Crippen LogP contribution >= 0.6 is 0 Å². The quantitative estimate of drug-likeness (QED) is 0.220. The first kappa shape index (κ1) is 27.6. The molecule has 2 aromatic rings. The molecule has 1 atom stereocenters. The number of rotatable bonds is 8. The van der Waals surface area contributed by atoms with Crippen molar-refractivity contribution in [1.82, 2.24) is 20.8 Å². The Hall–Kier alpha value is -4.48. The Labute approximate surface area is 224 Å². The van der Waals surface area contributed by atoms with Crippen LogP contribution < -0.4 is 15.4 Å². The van der Waals surface area contributed by atoms with Gasteiger partial charge in [0.05, 0.1) is 17.7 Å². The van der Waals surface area contributed by atoms with Crippen molar-refractivity contribution in [3.05, 3.63) is 51.5 Å². The van der Waals surface area contributed by atoms with E-state index in [1.807, 2.05) is 13.8 Å². The van der Waals surface area contributed by atoms with E-state index in [1.54, 1.807) is 0 Å². The monoisotopic (exact) mass is 538 g/mol. The van der Waals surface area contributed by atoms with Crippen LogP contribution in [0.1, 0.15) is 80.2 Å². The van der Waals surface area contributed by atoms with Crippen molar-refractivity contribution >= 4 is 23.3 Å². The molecule has 12 nitrogen and oxygen atoms in total. The van der Waals surface area contributed by atoms with E-state index in [2.05, 4.69) is 20.8 Å². The number of fused-ring (bicyclic) bond motifs is 3. The minimum absolute atomic E-state index is 0.0121. The summed E-state index contributed by atoms with van der Waals surface area (Å²) in [5.74, 6) is -2.24. The zero-order valence-electron chi connectivity index (χ0n) is 22.5. The summed E-state index contributed by atoms with van der Waals surface area (Å²) in [6, 6.07) is 0. The Kier molecular flexibility index (Phi) is 7.07. The van der Waals surface area contributed by atoms with Gasteiger partial charge in [-0.1, -0.05) is 19.0 Å². The highest BCUT2D eigenvalue weighted by Crippen LogP contribution is 2.57. The predicted octanol–water partition coefficient (Wildman–Crippen LogP) is 2.37. The van der Waals surface area contributed by atoms with Gasteiger partial charge in [-0.15, -0.1) is 0 Å². The highest BCUT2D eigenvalue weighted by molar-refractivity contribution is 6.31. The van der Waals surface area contributed by atoms with Crippen molar-refractivity contribution in [3.8, 4) is 17.2 Å². The van der Waals surface area contributed by atoms with Gasteiger partial charge in [-0.3, -0.25) is 19.2 Å². The number of carbonyl (C=O) groups is 4. The fraction of sp³-hybridized carbons (Fsp3) is 0.407. The molecule has 1 aromatic carbocycles. The van der Waals surface area contributed by atoms with Gasteiger partial charge in [-0.25, -0.2) is 0 Å². The SMILES string of the molecule is CC(=O)c1c(O)c(C)c(O)c2c1OC1=CC(=O)/C(=C(/C)NCCC(=O)NCc3nc(C(C)C)no3)C(=O)[C@]12C. The van der Waals surface area contributed by atoms with Crippen molar-refractivity contribution in [2.24, 2.45) is 0 Å². The van der Waals surface area contributed by atoms with Crippen LogP contribution in [0, 0.1) is 6.92 Å². The normalized spacial score (nSPS) is 19.3. The number of nitrogens with one attached hydrogen (secondary N) is 2. The lowest BCUT2D eigenvalue weighted by molar-refractivity contribution is -0.124. The Morgan fingerprint density at radius 2 is 1.82 bits per heavy atom. The number of nitrogens with zero attached hydrogens (tertiary/aromatic N) is 2. The Bertz CT molecular complexity index is 1480. The highest BCUT2D eigenvalue weighted by atomic mass is 16.5. The molecule has 0 saturated carbocycles. The number of aromatic hydroxyl groups is 2. The minimum atomic E-state index is -1.61. The second-order valence-electron chi connectivity index (χ2n) is 10.0. The molecule has 0 radical (unpaired) electrons. The number of allylic oxidation sites excluding steroid dienone is 4. The summed E-state index contributed by atoms with van der Waals surface area (Å²) in [4.78, 5) is 55.5. The molecule has 2 heterocycles. The molecular weight excluding hydrogens is 508 g/mol. The number of benzene rings is 1. The van der Waals surface area contributed by atoms with Crippen molar-refractivity contribution in [3.63, 3.8) is 0 Å². The van der Waals surface area contributed by atoms with Crippen LogP contribution in [-0.4, -0.2) is 50.2 Å². The predicted molar refractivity (Wildman–Crippen MR) is 136 cm³/mol. The van der Waals surface area contributed by atoms with Crippen LogP contribution in [0.3, 0.4) is 0 Å². The summed E-state index contributed by atoms with van der Waals surface area (Å²) in [6.45, 7) is 9.70. The molecule has 0 fully saturated rings. The molecule has 1 aliphatic heterocycles. The van der Waals surface area contributed by atoms with Crippen molar-refractivity contribution in [2.45, 2.75) is 65.8 Å². The third-order valence-electron chi connectivity index (χ3n) is 6.94. The first-order valence-electron chi connectivity index (χ1n) is 12.4. The molecule has 1 amide bonds. The molecule has 0 spiro atoms. The minimum Gasteiger partial charge on any atom is -0.507 e. The third-order valence-corrected chi connectivity index (χ3v) is 6.94. The first-order chi connectivity index (χ1) is 18.3. The number of phenols is 2. The van der Waals surface area contributed by atoms with Crippen LogP contribution in [0.5, 0.6) is 17.2 Å². The van der Waals surface area contributed by atoms with Gasteiger partial charge in [0, 0.05) is 36.2 Å². The van der Waals surface area contributed by atoms with E-state index in [-0.39, 0.29) is 76.7 Å². The highest BCUT2D eigenvalue weighted by Gasteiger charge is 2.56. The third kappa shape index (κ3) is 4.55. The zero-order valence-corrected chi connectivity index (χ0v) is 22.5. The van der Waals surface area contributed by atoms with Gasteiger partial charge in [0.2, 0.25) is 11.8 Å². The smallest absolute Gasteiger partial charge is 0.246 e. The summed E-state index contributed by atoms with van der Waals surface area (Å²) in [5, 5.41) is 30.8. The number of amides is 1. The molecule has 0 bridgehead atoms. The summed E-state index contributed by atoms with van der Waals surface area (Å²) in [6.07, 6.45) is 1.17. The number of carbonyl (C=O) groups excluding carboxylic acids is 4. The van der Waals surface area contributed by atoms with E-state index in [1.165, 1.54) is 27.7 Å². The molecule has 0 saturated heterocycles. The lowest BCUT2D eigenvalue weighted by atomic mass is 9.70. The number of ketones is 3. The lowest BCUT2D eigenvalue weighted by Gasteiger charge is -2.29. The van der Waals surface area contributed by atoms with E-state index in [4.69, 9.17) is 9.26 Å². The van der Waals surface area contributed by atoms with E-state index in [0.717, 1.165) is 6.08 Å². The van der Waals surface area contributed by atoms with Crippen LogP contribution in [-0.2, 0) is 26.3 Å². The van der Waals surface area contributed by atoms with Gasteiger partial charge in [0.15, 0.2) is 23.2 Å². The number of Topliss-reactive ketones (excluding diaryl/α,β-unsaturated/α-hetero) is 2. The second kappa shape index (κ2) is 10.0. The van der Waals surface area contributed by atoms with Gasteiger partial charge in [0.1, 0.15) is 34.0 Å². The van der Waals surface area contributed by atoms with Crippen molar-refractivity contribution in [2.75, 3.05) is 6.54 Å². The molecule has 206 valence electrons. The molecule has 0 unspecified atom stereocenters. The van der Waals surface area contributed by atoms with Crippen LogP contribution in [0.25, 0.3) is 0 Å². The first-order valence-corrected chi connectivity index (χ1v) is 12.4. The topological polar surface area (TPSA) is 181 Å². The fourth-order valence-corrected chi connectivity index (χ4v) is 4.65. The Morgan fingerprint density at radius 3 is 2.44 bits per heavy atom. The summed E-state index contributed by atoms with van der Waals surface area (Å²) in [7, 11) is 0. The standard InChI is InChI=1S/C27H30N4O8/c1-11(2)26-30-18(39-31-26)10-29-17(34)7-8-28-13(4)19-15(33)9-16-27(6,25(19)37)21-23(36)12(3)22(35)20(14(5)32)24(21)38-16/h9,11,28,35-36H,7-8,10H2,1-6H3,(H,29,34)/b19-13+/t27-/m1/s1. The van der Waals surface area contributed by atoms with Gasteiger partial charge in [-0.05, 0) is 27.7 Å². The zero-order chi connectivity index (χ0) is 28.8. The van der Waals surface area contributed by atoms with E-state index in [9.17, 15) is 29.4 Å². The maximum Gasteiger partial charge on any atom is 0.246 e. The average molecular weight is 539 g/mol. The molecule has 39 heavy (non-hydrogen) atoms. The molecule has 1 aliphatic carbocycles. The fourth-order valence-electron chi connectivity index (χ4n) is 4.65. The van der Waals surface area contributed by atoms with Crippen LogP contribution in [0.4, 0.5) is 0 Å². The van der Waals surface area contributed by atoms with E-state index >= 15 is 0 Å². The maximum atomic E-state index is 13.8. The summed E-state index contributed by atoms with van der Waals surface area (Å²) < 4.78 is 10.8. The van der Waals surface area contributed by atoms with E-state index in [0.29, 0.717) is 5.82 Å². The van der Waals surface area contributed by atoms with E-state index < -0.39 is 34.3 Å². The molecule has 12 heteroatoms. The average Bonchev–Trinajstić information content (AvgIpc) is 3.45. The summed E-state index contributed by atoms with van der Waals surface area (Å²) in [5.41, 5.74) is -1.68. The number of phenolic OH excluding ortho intramolecular Hbond substituents is 2. The largest absolute Gasteiger partial charge is 0.507 e. The number of aromatic nitrogens is 2. The number of hydrogen-bond acceptors (Lipinski definition) is 11. The Balaban J connectivity index is 1.52. The molecule has 4 rings (SSSR count).